The summed E-state index contributed by atoms with van der Waals surface area (Å²) in [6.45, 7) is 0.951. The van der Waals surface area contributed by atoms with Gasteiger partial charge in [0, 0.05) is 41.9 Å². The number of amides is 2. The van der Waals surface area contributed by atoms with E-state index in [1.165, 1.54) is 11.3 Å². The quantitative estimate of drug-likeness (QED) is 0.722. The molecule has 2 heterocycles. The number of rotatable bonds is 5. The van der Waals surface area contributed by atoms with Crippen LogP contribution in [0.4, 0.5) is 11.4 Å². The maximum Gasteiger partial charge on any atom is 0.265 e. The molecule has 8 heteroatoms. The average Bonchev–Trinajstić information content (AvgIpc) is 3.10. The van der Waals surface area contributed by atoms with Gasteiger partial charge in [0.2, 0.25) is 5.91 Å². The van der Waals surface area contributed by atoms with Crippen LogP contribution in [0.5, 0.6) is 0 Å². The van der Waals surface area contributed by atoms with Gasteiger partial charge in [0.1, 0.15) is 0 Å². The van der Waals surface area contributed by atoms with Crippen LogP contribution in [0, 0.1) is 0 Å². The lowest BCUT2D eigenvalue weighted by Crippen LogP contribution is -2.39. The van der Waals surface area contributed by atoms with E-state index >= 15 is 0 Å². The van der Waals surface area contributed by atoms with Crippen molar-refractivity contribution in [2.75, 3.05) is 28.7 Å². The number of carbonyl (C=O) groups is 2. The van der Waals surface area contributed by atoms with E-state index in [0.29, 0.717) is 22.7 Å². The summed E-state index contributed by atoms with van der Waals surface area (Å²) in [4.78, 5) is 24.9. The van der Waals surface area contributed by atoms with Crippen molar-refractivity contribution in [1.82, 2.24) is 5.32 Å². The summed E-state index contributed by atoms with van der Waals surface area (Å²) in [6, 6.07) is 11.1. The van der Waals surface area contributed by atoms with Crippen LogP contribution >= 0.6 is 35.5 Å². The molecule has 5 nitrogen and oxygen atoms in total. The number of hydrogen-bond acceptors (Lipinski definition) is 5. The first-order valence-corrected chi connectivity index (χ1v) is 9.80. The van der Waals surface area contributed by atoms with Gasteiger partial charge in [0.25, 0.3) is 5.91 Å². The predicted molar refractivity (Wildman–Crippen MR) is 108 cm³/mol. The number of hydrogen-bond donors (Lipinski definition) is 3. The Morgan fingerprint density at radius 1 is 1.16 bits per heavy atom. The Balaban J connectivity index is 0.00000225. The van der Waals surface area contributed by atoms with Crippen molar-refractivity contribution in [2.45, 2.75) is 12.5 Å². The second-order valence-corrected chi connectivity index (χ2v) is 7.59. The fourth-order valence-corrected chi connectivity index (χ4v) is 4.03. The Bertz CT molecular complexity index is 704. The number of anilines is 2. The summed E-state index contributed by atoms with van der Waals surface area (Å²) in [6.07, 6.45) is 0.457. The van der Waals surface area contributed by atoms with Crippen molar-refractivity contribution >= 4 is 58.7 Å². The number of halogens is 1. The minimum absolute atomic E-state index is 0. The molecule has 0 aliphatic carbocycles. The topological polar surface area (TPSA) is 70.2 Å². The van der Waals surface area contributed by atoms with Crippen molar-refractivity contribution in [3.63, 3.8) is 0 Å². The van der Waals surface area contributed by atoms with E-state index in [1.54, 1.807) is 18.2 Å². The van der Waals surface area contributed by atoms with Gasteiger partial charge in [-0.1, -0.05) is 12.1 Å². The molecule has 134 valence electrons. The zero-order valence-electron chi connectivity index (χ0n) is 13.5. The summed E-state index contributed by atoms with van der Waals surface area (Å²) < 4.78 is 0. The molecule has 2 aromatic rings. The van der Waals surface area contributed by atoms with Crippen LogP contribution < -0.4 is 16.0 Å². The van der Waals surface area contributed by atoms with Crippen LogP contribution in [0.15, 0.2) is 41.8 Å². The fraction of sp³-hybridized carbons (Fsp3) is 0.294. The van der Waals surface area contributed by atoms with Crippen molar-refractivity contribution in [3.8, 4) is 0 Å². The Kier molecular flexibility index (Phi) is 7.77. The van der Waals surface area contributed by atoms with Crippen molar-refractivity contribution < 1.29 is 9.59 Å². The number of benzene rings is 1. The molecule has 1 aromatic carbocycles. The second kappa shape index (κ2) is 9.82. The number of thiophene rings is 1. The highest BCUT2D eigenvalue weighted by Crippen LogP contribution is 2.18. The normalized spacial score (nSPS) is 16.6. The van der Waals surface area contributed by atoms with Gasteiger partial charge in [-0.3, -0.25) is 9.59 Å². The molecular formula is C17H20ClN3O2S2. The van der Waals surface area contributed by atoms with E-state index in [2.05, 4.69) is 16.0 Å². The van der Waals surface area contributed by atoms with E-state index in [4.69, 9.17) is 0 Å². The lowest BCUT2D eigenvalue weighted by molar-refractivity contribution is -0.116. The molecule has 1 unspecified atom stereocenters. The molecule has 0 radical (unpaired) electrons. The van der Waals surface area contributed by atoms with Crippen LogP contribution in [-0.4, -0.2) is 35.9 Å². The van der Waals surface area contributed by atoms with Crippen molar-refractivity contribution in [1.29, 1.82) is 0 Å². The van der Waals surface area contributed by atoms with Crippen LogP contribution in [0.1, 0.15) is 16.1 Å². The second-order valence-electron chi connectivity index (χ2n) is 5.49. The summed E-state index contributed by atoms with van der Waals surface area (Å²) in [5.74, 6) is 1.91. The number of thioether (sulfide) groups is 1. The summed E-state index contributed by atoms with van der Waals surface area (Å²) >= 11 is 3.26. The molecule has 3 rings (SSSR count). The highest BCUT2D eigenvalue weighted by molar-refractivity contribution is 7.99. The van der Waals surface area contributed by atoms with E-state index < -0.39 is 0 Å². The summed E-state index contributed by atoms with van der Waals surface area (Å²) in [5.41, 5.74) is 1.35. The molecule has 1 aliphatic heterocycles. The first-order valence-electron chi connectivity index (χ1n) is 7.76. The molecule has 2 amide bonds. The molecular weight excluding hydrogens is 378 g/mol. The van der Waals surface area contributed by atoms with Crippen LogP contribution in [0.3, 0.4) is 0 Å². The molecule has 1 aromatic heterocycles. The monoisotopic (exact) mass is 397 g/mol. The van der Waals surface area contributed by atoms with E-state index in [0.717, 1.165) is 18.1 Å². The van der Waals surface area contributed by atoms with Crippen molar-refractivity contribution in [2.24, 2.45) is 0 Å². The van der Waals surface area contributed by atoms with E-state index in [9.17, 15) is 9.59 Å². The fourth-order valence-electron chi connectivity index (χ4n) is 2.46. The highest BCUT2D eigenvalue weighted by atomic mass is 35.5. The van der Waals surface area contributed by atoms with Crippen molar-refractivity contribution in [3.05, 3.63) is 46.7 Å². The third-order valence-corrected chi connectivity index (χ3v) is 5.58. The molecule has 1 aliphatic rings. The van der Waals surface area contributed by atoms with Gasteiger partial charge in [-0.2, -0.15) is 11.8 Å². The third-order valence-electron chi connectivity index (χ3n) is 3.58. The molecule has 1 atom stereocenters. The van der Waals surface area contributed by atoms with E-state index in [-0.39, 0.29) is 30.3 Å². The Hall–Kier alpha value is -1.54. The minimum Gasteiger partial charge on any atom is -0.326 e. The van der Waals surface area contributed by atoms with Crippen LogP contribution in [0.25, 0.3) is 0 Å². The summed E-state index contributed by atoms with van der Waals surface area (Å²) in [5, 5.41) is 11.0. The lowest BCUT2D eigenvalue weighted by atomic mass is 10.2. The zero-order chi connectivity index (χ0) is 16.8. The van der Waals surface area contributed by atoms with Gasteiger partial charge < -0.3 is 16.0 Å². The molecule has 1 saturated heterocycles. The Morgan fingerprint density at radius 3 is 2.64 bits per heavy atom. The summed E-state index contributed by atoms with van der Waals surface area (Å²) in [7, 11) is 0. The lowest BCUT2D eigenvalue weighted by Gasteiger charge is -2.22. The maximum atomic E-state index is 12.2. The van der Waals surface area contributed by atoms with Gasteiger partial charge in [-0.05, 0) is 29.6 Å². The van der Waals surface area contributed by atoms with Crippen LogP contribution in [-0.2, 0) is 4.79 Å². The van der Waals surface area contributed by atoms with Gasteiger partial charge >= 0.3 is 0 Å². The molecule has 3 N–H and O–H groups in total. The minimum atomic E-state index is -0.142. The van der Waals surface area contributed by atoms with Gasteiger partial charge in [0.05, 0.1) is 4.88 Å². The SMILES string of the molecule is Cl.O=C(CC1CSCCN1)Nc1cccc(NC(=O)c2cccs2)c1. The largest absolute Gasteiger partial charge is 0.326 e. The van der Waals surface area contributed by atoms with Crippen LogP contribution in [0.2, 0.25) is 0 Å². The predicted octanol–water partition coefficient (Wildman–Crippen LogP) is 3.46. The Morgan fingerprint density at radius 2 is 1.96 bits per heavy atom. The first-order chi connectivity index (χ1) is 11.7. The zero-order valence-corrected chi connectivity index (χ0v) is 15.9. The molecule has 0 spiro atoms. The third kappa shape index (κ3) is 6.04. The van der Waals surface area contributed by atoms with Gasteiger partial charge in [0.15, 0.2) is 0 Å². The van der Waals surface area contributed by atoms with E-state index in [1.807, 2.05) is 35.3 Å². The molecule has 25 heavy (non-hydrogen) atoms. The smallest absolute Gasteiger partial charge is 0.265 e. The number of carbonyl (C=O) groups excluding carboxylic acids is 2. The molecule has 0 saturated carbocycles. The van der Waals surface area contributed by atoms with Gasteiger partial charge in [-0.15, -0.1) is 23.7 Å². The first kappa shape index (κ1) is 19.8. The molecule has 0 bridgehead atoms. The standard InChI is InChI=1S/C17H19N3O2S2.ClH/c21-16(10-14-11-23-8-6-18-14)19-12-3-1-4-13(9-12)20-17(22)15-5-2-7-24-15;/h1-5,7,9,14,18H,6,8,10-11H2,(H,19,21)(H,20,22);1H. The highest BCUT2D eigenvalue weighted by Gasteiger charge is 2.16. The molecule has 1 fully saturated rings. The number of nitrogens with one attached hydrogen (secondary N) is 3. The Labute approximate surface area is 161 Å². The average molecular weight is 398 g/mol. The maximum absolute atomic E-state index is 12.2. The van der Waals surface area contributed by atoms with Gasteiger partial charge in [-0.25, -0.2) is 0 Å².